The molecule has 0 atom stereocenters. The molecule has 0 aromatic heterocycles. The summed E-state index contributed by atoms with van der Waals surface area (Å²) in [5.74, 6) is 0. The van der Waals surface area contributed by atoms with Gasteiger partial charge in [-0.25, -0.2) is 0 Å². The molecule has 20 heavy (non-hydrogen) atoms. The van der Waals surface area contributed by atoms with Crippen LogP contribution in [0.2, 0.25) is 0 Å². The summed E-state index contributed by atoms with van der Waals surface area (Å²) in [5.41, 5.74) is 0. The summed E-state index contributed by atoms with van der Waals surface area (Å²) in [6.07, 6.45) is 0. The first kappa shape index (κ1) is 148. The fourth-order valence-corrected chi connectivity index (χ4v) is 0. The Morgan fingerprint density at radius 2 is 0.300 bits per heavy atom. The van der Waals surface area contributed by atoms with Gasteiger partial charge in [-0.05, 0) is 0 Å². The third-order valence-corrected chi connectivity index (χ3v) is 0. The van der Waals surface area contributed by atoms with Gasteiger partial charge in [0.1, 0.15) is 0 Å². The second kappa shape index (κ2) is 224. The van der Waals surface area contributed by atoms with Gasteiger partial charge in [-0.3, -0.25) is 0 Å². The Morgan fingerprint density at radius 1 is 0.300 bits per heavy atom. The summed E-state index contributed by atoms with van der Waals surface area (Å²) < 4.78 is 25.0. The first-order valence-electron chi connectivity index (χ1n) is 0.612. The monoisotopic (exact) mass is 1080 g/mol. The van der Waals surface area contributed by atoms with Crippen molar-refractivity contribution in [2.24, 2.45) is 0 Å². The van der Waals surface area contributed by atoms with Crippen LogP contribution in [0.5, 0.6) is 0 Å². The summed E-state index contributed by atoms with van der Waals surface area (Å²) in [6.45, 7) is 0. The van der Waals surface area contributed by atoms with E-state index in [-0.39, 0.29) is 275 Å². The third-order valence-electron chi connectivity index (χ3n) is 0. The molecule has 0 aliphatic rings. The van der Waals surface area contributed by atoms with E-state index in [1.165, 1.54) is 0 Å². The Kier molecular flexibility index (Phi) is 1650. The zero-order valence-electron chi connectivity index (χ0n) is 9.19. The SMILES string of the molecule is Cl.Cl.Cl.Cl.Cl.Cl.[Cl-].[Cl-].[Cl-].[O]=[Zr].[O]=[Zr].[O]=[Zr].[Y+3].[Y+3].[Y+3].[Y+3].[Y+3]. The molecule has 0 heterocycles. The Labute approximate surface area is 347 Å². The van der Waals surface area contributed by atoms with Crippen LogP contribution < -0.4 is 37.2 Å². The van der Waals surface area contributed by atoms with Crippen molar-refractivity contribution in [1.29, 1.82) is 0 Å². The van der Waals surface area contributed by atoms with E-state index < -0.39 is 0 Å². The molecule has 0 N–H and O–H groups in total. The van der Waals surface area contributed by atoms with Crippen LogP contribution in [0.1, 0.15) is 0 Å². The van der Waals surface area contributed by atoms with Crippen LogP contribution in [-0.2, 0) is 246 Å². The van der Waals surface area contributed by atoms with Crippen molar-refractivity contribution in [2.45, 2.75) is 0 Å². The van der Waals surface area contributed by atoms with E-state index >= 15 is 0 Å². The van der Waals surface area contributed by atoms with E-state index in [0.29, 0.717) is 74.2 Å². The number of halogens is 9. The van der Waals surface area contributed by atoms with Gasteiger partial charge < -0.3 is 37.2 Å². The first-order valence-corrected chi connectivity index (χ1v) is 3.62. The first-order chi connectivity index (χ1) is 3.00. The van der Waals surface area contributed by atoms with E-state index in [2.05, 4.69) is 0 Å². The van der Waals surface area contributed by atoms with Gasteiger partial charge >= 0.3 is 246 Å². The molecule has 3 nitrogen and oxygen atoms in total. The van der Waals surface area contributed by atoms with E-state index in [1.807, 2.05) is 0 Å². The van der Waals surface area contributed by atoms with Crippen LogP contribution in [0.4, 0.5) is 0 Å². The van der Waals surface area contributed by atoms with E-state index in [4.69, 9.17) is 8.44 Å². The smallest absolute Gasteiger partial charge is 3.00 e. The largest absolute Gasteiger partial charge is 3.00 e. The molecule has 0 bridgehead atoms. The molecule has 0 aromatic rings. The zero-order valence-corrected chi connectivity index (χ0v) is 37.9. The van der Waals surface area contributed by atoms with Crippen LogP contribution in [0.25, 0.3) is 0 Å². The van der Waals surface area contributed by atoms with Crippen LogP contribution >= 0.6 is 74.4 Å². The molecule has 0 aliphatic heterocycles. The molecular formula is H6Cl9O3Y5Zr3+12. The molecule has 20 heteroatoms. The van der Waals surface area contributed by atoms with Gasteiger partial charge in [0.15, 0.2) is 0 Å². The molecule has 0 spiro atoms. The Balaban J connectivity index is -0.000000000333. The molecule has 102 valence electrons. The minimum Gasteiger partial charge on any atom is 3.00 e. The van der Waals surface area contributed by atoms with Gasteiger partial charge in [0.2, 0.25) is 0 Å². The van der Waals surface area contributed by atoms with Gasteiger partial charge in [-0.15, -0.1) is 74.4 Å². The van der Waals surface area contributed by atoms with Crippen molar-refractivity contribution >= 4 is 74.4 Å². The molecule has 0 amide bonds. The standard InChI is InChI=1S/9ClH.3O.5Y.3Zr/h9*1H;;;;;;;;;;;/q;;;;;;;;;;;;5*+3;;;/p-3. The van der Waals surface area contributed by atoms with Crippen molar-refractivity contribution in [1.82, 2.24) is 0 Å². The Morgan fingerprint density at radius 3 is 0.300 bits per heavy atom. The third kappa shape index (κ3) is 201. The molecular weight excluding hydrogens is 1090 g/mol. The average Bonchev–Trinajstić information content (AvgIpc) is 1.81. The maximum absolute atomic E-state index is 8.34. The summed E-state index contributed by atoms with van der Waals surface area (Å²) in [6, 6.07) is 0. The molecule has 0 radical (unpaired) electrons. The van der Waals surface area contributed by atoms with Crippen LogP contribution in [0.15, 0.2) is 0 Å². The van der Waals surface area contributed by atoms with Crippen molar-refractivity contribution in [2.75, 3.05) is 0 Å². The van der Waals surface area contributed by atoms with Crippen LogP contribution in [-0.4, -0.2) is 0 Å². The number of hydrogen-bond acceptors (Lipinski definition) is 3. The van der Waals surface area contributed by atoms with Crippen LogP contribution in [0.3, 0.4) is 0 Å². The predicted octanol–water partition coefficient (Wildman–Crippen LogP) is -6.83. The minimum atomic E-state index is 0. The normalized spacial score (nSPS) is 0.450. The maximum atomic E-state index is 8.34. The maximum Gasteiger partial charge on any atom is 3.00 e. The molecule has 0 unspecified atom stereocenters. The molecule has 0 saturated carbocycles. The topological polar surface area (TPSA) is 51.2 Å². The van der Waals surface area contributed by atoms with Crippen molar-refractivity contribution < 1.29 is 283 Å². The van der Waals surface area contributed by atoms with Crippen molar-refractivity contribution in [3.8, 4) is 0 Å². The number of rotatable bonds is 0. The Hall–Kier alpha value is 10.2. The molecule has 0 rings (SSSR count). The quantitative estimate of drug-likeness (QED) is 0.243. The van der Waals surface area contributed by atoms with E-state index in [9.17, 15) is 0 Å². The van der Waals surface area contributed by atoms with Gasteiger partial charge in [-0.2, -0.15) is 0 Å². The molecule has 0 saturated heterocycles. The fourth-order valence-electron chi connectivity index (χ4n) is 0. The number of hydrogen-bond donors (Lipinski definition) is 0. The predicted molar refractivity (Wildman–Crippen MR) is 45.5 cm³/mol. The van der Waals surface area contributed by atoms with Crippen molar-refractivity contribution in [3.63, 3.8) is 0 Å². The van der Waals surface area contributed by atoms with Gasteiger partial charge in [0, 0.05) is 0 Å². The summed E-state index contributed by atoms with van der Waals surface area (Å²) in [5, 5.41) is 0. The van der Waals surface area contributed by atoms with E-state index in [1.54, 1.807) is 0 Å². The van der Waals surface area contributed by atoms with Crippen molar-refractivity contribution in [3.05, 3.63) is 0 Å². The second-order valence-electron chi connectivity index (χ2n) is 0. The zero-order chi connectivity index (χ0) is 6.00. The Bertz CT molecular complexity index is 41.5. The van der Waals surface area contributed by atoms with Gasteiger partial charge in [-0.1, -0.05) is 0 Å². The van der Waals surface area contributed by atoms with Crippen LogP contribution in [0, 0.1) is 0 Å². The minimum absolute atomic E-state index is 0. The summed E-state index contributed by atoms with van der Waals surface area (Å²) in [4.78, 5) is 0. The molecule has 0 aliphatic carbocycles. The second-order valence-corrected chi connectivity index (χ2v) is 0. The average molecular weight is 1090 g/mol. The van der Waals surface area contributed by atoms with Gasteiger partial charge in [0.25, 0.3) is 0 Å². The summed E-state index contributed by atoms with van der Waals surface area (Å²) in [7, 11) is 0. The summed E-state index contributed by atoms with van der Waals surface area (Å²) >= 11 is 0.900. The fraction of sp³-hybridized carbons (Fsp3) is 0. The molecule has 0 fully saturated rings. The molecule has 0 aromatic carbocycles. The van der Waals surface area contributed by atoms with Gasteiger partial charge in [0.05, 0.1) is 0 Å². The van der Waals surface area contributed by atoms with E-state index in [0.717, 1.165) is 0 Å².